The van der Waals surface area contributed by atoms with Gasteiger partial charge in [-0.3, -0.25) is 0 Å². The summed E-state index contributed by atoms with van der Waals surface area (Å²) in [7, 11) is 0. The number of nitrogens with one attached hydrogen (secondary N) is 1. The number of aromatic nitrogens is 1. The lowest BCUT2D eigenvalue weighted by Crippen LogP contribution is -2.44. The Labute approximate surface area is 164 Å². The maximum absolute atomic E-state index is 5.75. The molecule has 3 aromatic rings. The van der Waals surface area contributed by atoms with Gasteiger partial charge in [0.25, 0.3) is 0 Å². The Morgan fingerprint density at radius 2 is 1.96 bits per heavy atom. The van der Waals surface area contributed by atoms with Crippen molar-refractivity contribution in [1.29, 1.82) is 0 Å². The van der Waals surface area contributed by atoms with Gasteiger partial charge in [0.05, 0.1) is 0 Å². The Bertz CT molecular complexity index is 840. The maximum atomic E-state index is 5.75. The van der Waals surface area contributed by atoms with Crippen LogP contribution in [0.1, 0.15) is 16.6 Å². The smallest absolute Gasteiger partial charge is 0.174 e. The summed E-state index contributed by atoms with van der Waals surface area (Å²) in [5, 5.41) is 6.31. The summed E-state index contributed by atoms with van der Waals surface area (Å²) in [5.74, 6) is 0. The zero-order chi connectivity index (χ0) is 16.5. The van der Waals surface area contributed by atoms with Gasteiger partial charge in [-0.15, -0.1) is 11.3 Å². The van der Waals surface area contributed by atoms with Crippen molar-refractivity contribution in [2.24, 2.45) is 0 Å². The first kappa shape index (κ1) is 16.1. The second kappa shape index (κ2) is 6.85. The molecular formula is C18H16IN3S2. The number of thiocarbonyl (C=S) groups is 1. The number of anilines is 1. The number of hydrogen-bond donors (Lipinski definition) is 1. The predicted octanol–water partition coefficient (Wildman–Crippen LogP) is 4.96. The van der Waals surface area contributed by atoms with Gasteiger partial charge in [0.2, 0.25) is 0 Å². The Balaban J connectivity index is 1.63. The highest BCUT2D eigenvalue weighted by Crippen LogP contribution is 2.35. The molecular weight excluding hydrogens is 449 g/mol. The summed E-state index contributed by atoms with van der Waals surface area (Å²) in [6, 6.07) is 17.1. The third-order valence-corrected chi connectivity index (χ3v) is 6.19. The summed E-state index contributed by atoms with van der Waals surface area (Å²) >= 11 is 9.84. The second-order valence-electron chi connectivity index (χ2n) is 5.67. The normalized spacial score (nSPS) is 16.7. The van der Waals surface area contributed by atoms with E-state index in [0.29, 0.717) is 0 Å². The molecule has 1 atom stereocenters. The number of fused-ring (bicyclic) bond motifs is 1. The zero-order valence-corrected chi connectivity index (χ0v) is 16.6. The summed E-state index contributed by atoms with van der Waals surface area (Å²) in [5.41, 5.74) is 2.33. The predicted molar refractivity (Wildman–Crippen MR) is 113 cm³/mol. The van der Waals surface area contributed by atoms with Gasteiger partial charge in [-0.1, -0.05) is 6.07 Å². The van der Waals surface area contributed by atoms with Crippen LogP contribution in [0.15, 0.2) is 60.1 Å². The van der Waals surface area contributed by atoms with E-state index in [1.54, 1.807) is 11.3 Å². The Morgan fingerprint density at radius 3 is 2.71 bits per heavy atom. The maximum Gasteiger partial charge on any atom is 0.174 e. The fraction of sp³-hybridized carbons (Fsp3) is 0.167. The molecule has 0 spiro atoms. The molecule has 0 amide bonds. The third-order valence-electron chi connectivity index (χ3n) is 4.21. The second-order valence-corrected chi connectivity index (χ2v) is 8.29. The molecule has 4 rings (SSSR count). The van der Waals surface area contributed by atoms with Crippen LogP contribution in [0.25, 0.3) is 0 Å². The molecule has 3 nitrogen and oxygen atoms in total. The zero-order valence-electron chi connectivity index (χ0n) is 12.9. The van der Waals surface area contributed by atoms with Crippen molar-refractivity contribution in [2.75, 3.05) is 11.9 Å². The highest BCUT2D eigenvalue weighted by molar-refractivity contribution is 14.1. The van der Waals surface area contributed by atoms with E-state index in [4.69, 9.17) is 12.2 Å². The SMILES string of the molecule is S=C(Nc1ccc(I)cc1)N1CCn2cccc2[C@H]1c1cccs1. The van der Waals surface area contributed by atoms with Gasteiger partial charge < -0.3 is 14.8 Å². The molecule has 1 aromatic carbocycles. The molecule has 1 N–H and O–H groups in total. The van der Waals surface area contributed by atoms with Gasteiger partial charge in [0.1, 0.15) is 6.04 Å². The number of benzene rings is 1. The highest BCUT2D eigenvalue weighted by Gasteiger charge is 2.31. The van der Waals surface area contributed by atoms with Crippen LogP contribution in [0.4, 0.5) is 5.69 Å². The molecule has 1 aliphatic heterocycles. The van der Waals surface area contributed by atoms with Crippen LogP contribution < -0.4 is 5.32 Å². The molecule has 0 radical (unpaired) electrons. The Hall–Kier alpha value is -1.38. The molecule has 1 aliphatic rings. The molecule has 6 heteroatoms. The van der Waals surface area contributed by atoms with E-state index in [1.165, 1.54) is 14.1 Å². The molecule has 3 heterocycles. The van der Waals surface area contributed by atoms with E-state index in [9.17, 15) is 0 Å². The van der Waals surface area contributed by atoms with Crippen LogP contribution in [0.3, 0.4) is 0 Å². The molecule has 0 bridgehead atoms. The lowest BCUT2D eigenvalue weighted by Gasteiger charge is -2.38. The van der Waals surface area contributed by atoms with Crippen LogP contribution in [-0.2, 0) is 6.54 Å². The lowest BCUT2D eigenvalue weighted by molar-refractivity contribution is 0.297. The average Bonchev–Trinajstić information content (AvgIpc) is 3.27. The topological polar surface area (TPSA) is 20.2 Å². The van der Waals surface area contributed by atoms with E-state index in [2.05, 4.69) is 97.5 Å². The van der Waals surface area contributed by atoms with Crippen LogP contribution in [0.2, 0.25) is 0 Å². The van der Waals surface area contributed by atoms with E-state index >= 15 is 0 Å². The number of halogens is 1. The van der Waals surface area contributed by atoms with E-state index in [0.717, 1.165) is 23.9 Å². The van der Waals surface area contributed by atoms with Gasteiger partial charge in [-0.25, -0.2) is 0 Å². The summed E-state index contributed by atoms with van der Waals surface area (Å²) in [6.07, 6.45) is 2.16. The van der Waals surface area contributed by atoms with Crippen LogP contribution in [-0.4, -0.2) is 21.1 Å². The van der Waals surface area contributed by atoms with Crippen LogP contribution in [0, 0.1) is 3.57 Å². The van der Waals surface area contributed by atoms with Gasteiger partial charge in [0.15, 0.2) is 5.11 Å². The van der Waals surface area contributed by atoms with Crippen molar-refractivity contribution in [1.82, 2.24) is 9.47 Å². The lowest BCUT2D eigenvalue weighted by atomic mass is 10.1. The number of rotatable bonds is 2. The Kier molecular flexibility index (Phi) is 4.60. The van der Waals surface area contributed by atoms with E-state index in [-0.39, 0.29) is 6.04 Å². The average molecular weight is 465 g/mol. The van der Waals surface area contributed by atoms with E-state index in [1.807, 2.05) is 0 Å². The molecule has 122 valence electrons. The van der Waals surface area contributed by atoms with Gasteiger partial charge in [-0.05, 0) is 82.7 Å². The first-order chi connectivity index (χ1) is 11.7. The first-order valence-corrected chi connectivity index (χ1v) is 10.1. The molecule has 0 saturated carbocycles. The molecule has 2 aromatic heterocycles. The van der Waals surface area contributed by atoms with Crippen molar-refractivity contribution in [3.05, 3.63) is 74.2 Å². The van der Waals surface area contributed by atoms with Crippen LogP contribution in [0.5, 0.6) is 0 Å². The monoisotopic (exact) mass is 465 g/mol. The highest BCUT2D eigenvalue weighted by atomic mass is 127. The molecule has 0 unspecified atom stereocenters. The number of thiophene rings is 1. The van der Waals surface area contributed by atoms with Gasteiger partial charge >= 0.3 is 0 Å². The van der Waals surface area contributed by atoms with Crippen molar-refractivity contribution < 1.29 is 0 Å². The summed E-state index contributed by atoms with van der Waals surface area (Å²) in [4.78, 5) is 3.62. The van der Waals surface area contributed by atoms with Crippen molar-refractivity contribution in [3.8, 4) is 0 Å². The fourth-order valence-electron chi connectivity index (χ4n) is 3.08. The number of nitrogens with zero attached hydrogens (tertiary/aromatic N) is 2. The van der Waals surface area contributed by atoms with E-state index < -0.39 is 0 Å². The number of hydrogen-bond acceptors (Lipinski definition) is 2. The quantitative estimate of drug-likeness (QED) is 0.427. The minimum Gasteiger partial charge on any atom is -0.347 e. The van der Waals surface area contributed by atoms with Crippen LogP contribution >= 0.6 is 46.1 Å². The Morgan fingerprint density at radius 1 is 1.12 bits per heavy atom. The first-order valence-electron chi connectivity index (χ1n) is 7.74. The molecule has 0 fully saturated rings. The summed E-state index contributed by atoms with van der Waals surface area (Å²) in [6.45, 7) is 1.86. The molecule has 0 aliphatic carbocycles. The minimum atomic E-state index is 0.178. The molecule has 0 saturated heterocycles. The fourth-order valence-corrected chi connectivity index (χ4v) is 4.60. The summed E-state index contributed by atoms with van der Waals surface area (Å²) < 4.78 is 3.55. The largest absolute Gasteiger partial charge is 0.347 e. The van der Waals surface area contributed by atoms with Crippen molar-refractivity contribution in [3.63, 3.8) is 0 Å². The van der Waals surface area contributed by atoms with Crippen molar-refractivity contribution >= 4 is 56.9 Å². The standard InChI is InChI=1S/C18H16IN3S2/c19-13-5-7-14(8-6-13)20-18(23)22-11-10-21-9-1-3-15(21)17(22)16-4-2-12-24-16/h1-9,12,17H,10-11H2,(H,20,23)/t17-/m0/s1. The van der Waals surface area contributed by atoms with Gasteiger partial charge in [0, 0.05) is 39.1 Å². The molecule has 24 heavy (non-hydrogen) atoms. The third kappa shape index (κ3) is 3.10. The minimum absolute atomic E-state index is 0.178. The van der Waals surface area contributed by atoms with Crippen molar-refractivity contribution in [2.45, 2.75) is 12.6 Å². The van der Waals surface area contributed by atoms with Gasteiger partial charge in [-0.2, -0.15) is 0 Å².